The van der Waals surface area contributed by atoms with Crippen molar-refractivity contribution in [3.8, 4) is 23.0 Å². The second-order valence-electron chi connectivity index (χ2n) is 23.6. The summed E-state index contributed by atoms with van der Waals surface area (Å²) in [6.45, 7) is 18.6. The van der Waals surface area contributed by atoms with Crippen LogP contribution in [-0.2, 0) is 27.5 Å². The largest absolute Gasteiger partial charge is 0.497 e. The van der Waals surface area contributed by atoms with E-state index in [0.29, 0.717) is 77.5 Å². The molecule has 6 aromatic heterocycles. The van der Waals surface area contributed by atoms with E-state index in [-0.39, 0.29) is 50.4 Å². The number of nitrogens with one attached hydrogen (secondary N) is 3. The first-order chi connectivity index (χ1) is 44.4. The van der Waals surface area contributed by atoms with Crippen LogP contribution in [0.3, 0.4) is 0 Å². The molecular formula is C69H97Cl2N15O7. The lowest BCUT2D eigenvalue weighted by molar-refractivity contribution is -0.118. The fraction of sp³-hybridized carbons (Fsp3) is 0.478. The van der Waals surface area contributed by atoms with Crippen molar-refractivity contribution in [2.45, 2.75) is 188 Å². The molecule has 22 nitrogen and oxygen atoms in total. The topological polar surface area (TPSA) is 318 Å². The van der Waals surface area contributed by atoms with Gasteiger partial charge in [-0.05, 0) is 146 Å². The number of methoxy groups -OCH3 is 4. The molecular weight excluding hydrogens is 1220 g/mol. The van der Waals surface area contributed by atoms with Crippen LogP contribution in [-0.4, -0.2) is 107 Å². The molecule has 0 amide bonds. The quantitative estimate of drug-likeness (QED) is 0.0180. The fourth-order valence-corrected chi connectivity index (χ4v) is 10.0. The van der Waals surface area contributed by atoms with Crippen molar-refractivity contribution >= 4 is 97.2 Å². The number of rotatable bonds is 30. The molecule has 9 N–H and O–H groups in total. The van der Waals surface area contributed by atoms with Gasteiger partial charge < -0.3 is 66.5 Å². The Balaban J connectivity index is 0.000000268. The minimum absolute atomic E-state index is 0.137. The number of hydrogen-bond donors (Lipinski definition) is 6. The number of fused-ring (bicyclic) bond motifs is 3. The average molecular weight is 1320 g/mol. The predicted molar refractivity (Wildman–Crippen MR) is 376 cm³/mol. The van der Waals surface area contributed by atoms with E-state index in [9.17, 15) is 14.4 Å². The Morgan fingerprint density at radius 2 is 0.968 bits per heavy atom. The molecule has 6 heterocycles. The summed E-state index contributed by atoms with van der Waals surface area (Å²) in [4.78, 5) is 72.4. The van der Waals surface area contributed by atoms with Crippen molar-refractivity contribution in [1.82, 2.24) is 44.9 Å². The van der Waals surface area contributed by atoms with Crippen LogP contribution in [0, 0.1) is 0 Å². The molecule has 0 aliphatic rings. The number of ketones is 3. The number of anilines is 4. The van der Waals surface area contributed by atoms with Crippen LogP contribution < -0.4 is 52.1 Å². The zero-order valence-corrected chi connectivity index (χ0v) is 58.1. The van der Waals surface area contributed by atoms with E-state index in [4.69, 9.17) is 64.3 Å². The first-order valence-corrected chi connectivity index (χ1v) is 32.3. The molecule has 24 heteroatoms. The van der Waals surface area contributed by atoms with Gasteiger partial charge in [0.05, 0.1) is 45.0 Å². The number of aromatic nitrogens is 9. The summed E-state index contributed by atoms with van der Waals surface area (Å²) >= 11 is 11.4. The number of ether oxygens (including phenoxy) is 4. The van der Waals surface area contributed by atoms with Crippen molar-refractivity contribution in [1.29, 1.82) is 0 Å². The maximum atomic E-state index is 11.7. The molecule has 0 aliphatic carbocycles. The molecule has 8 rings (SSSR count). The summed E-state index contributed by atoms with van der Waals surface area (Å²) in [7, 11) is 6.50. The lowest BCUT2D eigenvalue weighted by Gasteiger charge is -2.32. The van der Waals surface area contributed by atoms with Gasteiger partial charge in [0.25, 0.3) is 0 Å². The molecule has 93 heavy (non-hydrogen) atoms. The molecule has 2 aromatic carbocycles. The Hall–Kier alpha value is -8.18. The number of carbonyl (C=O) groups excluding carboxylic acids is 3. The number of carbonyl (C=O) groups is 3. The Morgan fingerprint density at radius 1 is 0.527 bits per heavy atom. The van der Waals surface area contributed by atoms with Crippen molar-refractivity contribution in [2.24, 2.45) is 11.5 Å². The number of halogens is 2. The molecule has 3 atom stereocenters. The van der Waals surface area contributed by atoms with Gasteiger partial charge in [-0.25, -0.2) is 19.9 Å². The standard InChI is InChI=1S/C26H35N5O3.C17H25N5O.C10H21NO.C9H13NO2.C7H3Cl2N3/c1-6-7-13-26(3,14-12-18(2)32)31-24-23-21(9-8-15-27-23)29-25(30-24)28-17-19-10-11-20(33-4)16-22(19)34-5;1-4-5-9-17(3,10-8-12(2)23)22-15-14-13(7-6-11-19-14)20-16(18)21-15;1-4-5-7-10(3,11)8-6-9(2)12;1-11-8-4-3-7(6-10)9(5-8)12-2;8-6-5-4(2-1-3-10-5)11-7(9)12-6/h8-11,15-16H,6-7,12-14,17H2,1-5H3,(H2,28,29,30,31);6-7,11H,4-5,8-10H2,1-3H3,(H3,18,20,21,22);4-8,11H2,1-3H3;3-5H,6,10H2,1-2H3;1-3H/t26-;17-;10-;;/m111../s1. The Labute approximate surface area is 558 Å². The summed E-state index contributed by atoms with van der Waals surface area (Å²) in [6, 6.07) is 22.3. The van der Waals surface area contributed by atoms with Crippen LogP contribution in [0.1, 0.15) is 170 Å². The third-order valence-electron chi connectivity index (χ3n) is 15.2. The number of nitrogen functional groups attached to an aromatic ring is 1. The lowest BCUT2D eigenvalue weighted by atomic mass is 9.89. The monoisotopic (exact) mass is 1320 g/mol. The van der Waals surface area contributed by atoms with Gasteiger partial charge in [0.2, 0.25) is 17.2 Å². The molecule has 504 valence electrons. The predicted octanol–water partition coefficient (Wildman–Crippen LogP) is 14.5. The zero-order chi connectivity index (χ0) is 68.6. The van der Waals surface area contributed by atoms with E-state index in [2.05, 4.69) is 90.4 Å². The smallest absolute Gasteiger partial charge is 0.225 e. The Bertz CT molecular complexity index is 3640. The molecule has 0 saturated heterocycles. The van der Waals surface area contributed by atoms with Gasteiger partial charge in [-0.2, -0.15) is 9.97 Å². The summed E-state index contributed by atoms with van der Waals surface area (Å²) in [5.41, 5.74) is 22.7. The number of benzene rings is 2. The third-order valence-corrected chi connectivity index (χ3v) is 15.6. The maximum Gasteiger partial charge on any atom is 0.225 e. The lowest BCUT2D eigenvalue weighted by Crippen LogP contribution is -2.36. The highest BCUT2D eigenvalue weighted by molar-refractivity contribution is 6.35. The molecule has 0 fully saturated rings. The van der Waals surface area contributed by atoms with Gasteiger partial charge in [-0.15, -0.1) is 0 Å². The van der Waals surface area contributed by atoms with E-state index in [1.165, 1.54) is 6.42 Å². The first kappa shape index (κ1) is 77.3. The number of unbranched alkanes of at least 4 members (excludes halogenated alkanes) is 3. The second-order valence-corrected chi connectivity index (χ2v) is 24.3. The Kier molecular flexibility index (Phi) is 32.7. The molecule has 0 bridgehead atoms. The van der Waals surface area contributed by atoms with Gasteiger partial charge in [0.1, 0.15) is 56.9 Å². The second kappa shape index (κ2) is 39.4. The van der Waals surface area contributed by atoms with E-state index in [1.807, 2.05) is 67.6 Å². The molecule has 0 radical (unpaired) electrons. The Morgan fingerprint density at radius 3 is 1.44 bits per heavy atom. The highest BCUT2D eigenvalue weighted by atomic mass is 35.5. The van der Waals surface area contributed by atoms with Crippen molar-refractivity contribution < 1.29 is 33.3 Å². The van der Waals surface area contributed by atoms with Crippen LogP contribution >= 0.6 is 23.2 Å². The van der Waals surface area contributed by atoms with Crippen molar-refractivity contribution in [3.63, 3.8) is 0 Å². The van der Waals surface area contributed by atoms with E-state index >= 15 is 0 Å². The van der Waals surface area contributed by atoms with E-state index in [0.717, 1.165) is 110 Å². The van der Waals surface area contributed by atoms with E-state index in [1.54, 1.807) is 79.9 Å². The van der Waals surface area contributed by atoms with E-state index < -0.39 is 0 Å². The number of Topliss-reactive ketones (excluding diaryl/α,β-unsaturated/α-hetero) is 3. The molecule has 0 saturated carbocycles. The molecule has 0 aliphatic heterocycles. The SMILES string of the molecule is CCCC[C@@](C)(N)CCC(C)=O.CCCC[C@](C)(CCC(C)=O)Nc1nc(N)nc2cccnc12.CCCC[C@](C)(CCC(C)=O)Nc1nc(NCc2ccc(OC)cc2OC)nc2cccnc12.COc1ccc(CN)c(OC)c1.Clc1nc(Cl)c2ncccc2n1. The fourth-order valence-electron chi connectivity index (χ4n) is 9.58. The normalized spacial score (nSPS) is 12.7. The molecule has 0 unspecified atom stereocenters. The van der Waals surface area contributed by atoms with Crippen molar-refractivity contribution in [2.75, 3.05) is 50.1 Å². The summed E-state index contributed by atoms with van der Waals surface area (Å²) < 4.78 is 20.9. The highest BCUT2D eigenvalue weighted by Crippen LogP contribution is 2.32. The first-order valence-electron chi connectivity index (χ1n) is 31.5. The highest BCUT2D eigenvalue weighted by Gasteiger charge is 2.28. The van der Waals surface area contributed by atoms with Gasteiger partial charge >= 0.3 is 0 Å². The summed E-state index contributed by atoms with van der Waals surface area (Å²) in [5, 5.41) is 10.8. The van der Waals surface area contributed by atoms with Gasteiger partial charge in [0.15, 0.2) is 16.8 Å². The summed E-state index contributed by atoms with van der Waals surface area (Å²) in [5.74, 6) is 5.64. The van der Waals surface area contributed by atoms with Gasteiger partial charge in [-0.3, -0.25) is 15.0 Å². The van der Waals surface area contributed by atoms with Crippen LogP contribution in [0.5, 0.6) is 23.0 Å². The van der Waals surface area contributed by atoms with Gasteiger partial charge in [0, 0.05) is 90.8 Å². The van der Waals surface area contributed by atoms with Crippen molar-refractivity contribution in [3.05, 3.63) is 113 Å². The number of hydrogen-bond acceptors (Lipinski definition) is 22. The summed E-state index contributed by atoms with van der Waals surface area (Å²) in [6.07, 6.45) is 18.6. The molecule has 0 spiro atoms. The van der Waals surface area contributed by atoms with Crippen LogP contribution in [0.25, 0.3) is 33.1 Å². The average Bonchev–Trinajstić information content (AvgIpc) is 1.15. The van der Waals surface area contributed by atoms with Crippen LogP contribution in [0.4, 0.5) is 23.5 Å². The number of nitrogens with zero attached hydrogens (tertiary/aromatic N) is 9. The van der Waals surface area contributed by atoms with Crippen LogP contribution in [0.2, 0.25) is 10.4 Å². The van der Waals surface area contributed by atoms with Gasteiger partial charge in [-0.1, -0.05) is 77.0 Å². The third kappa shape index (κ3) is 26.8. The minimum atomic E-state index is -0.281. The van der Waals surface area contributed by atoms with Crippen LogP contribution in [0.15, 0.2) is 91.4 Å². The number of pyridine rings is 3. The minimum Gasteiger partial charge on any atom is -0.497 e. The zero-order valence-electron chi connectivity index (χ0n) is 56.6. The molecule has 8 aromatic rings. The maximum absolute atomic E-state index is 11.7. The number of nitrogens with two attached hydrogens (primary N) is 3.